The largest absolute Gasteiger partial charge is 0.454 e. The molecule has 2 rings (SSSR count). The standard InChI is InChI=1S/C17H15Cl2NO5S/c1-20(2)26(23,24)13-5-3-4-11(8-13)17(22)25-10-16(21)14-9-12(18)6-7-15(14)19/h3-9H,10H2,1-2H3. The van der Waals surface area contributed by atoms with E-state index in [0.29, 0.717) is 5.02 Å². The molecule has 138 valence electrons. The number of carbonyl (C=O) groups is 2. The molecular weight excluding hydrogens is 401 g/mol. The smallest absolute Gasteiger partial charge is 0.338 e. The first-order chi connectivity index (χ1) is 12.1. The average Bonchev–Trinajstić information content (AvgIpc) is 2.61. The van der Waals surface area contributed by atoms with Crippen molar-refractivity contribution in [2.24, 2.45) is 0 Å². The Bertz CT molecular complexity index is 957. The minimum Gasteiger partial charge on any atom is -0.454 e. The number of esters is 1. The zero-order chi connectivity index (χ0) is 19.5. The molecule has 0 unspecified atom stereocenters. The van der Waals surface area contributed by atoms with Crippen molar-refractivity contribution in [3.63, 3.8) is 0 Å². The summed E-state index contributed by atoms with van der Waals surface area (Å²) in [5.41, 5.74) is 0.147. The van der Waals surface area contributed by atoms with Crippen LogP contribution in [0.15, 0.2) is 47.4 Å². The lowest BCUT2D eigenvalue weighted by atomic mass is 10.1. The molecule has 0 heterocycles. The van der Waals surface area contributed by atoms with Gasteiger partial charge in [-0.1, -0.05) is 29.3 Å². The van der Waals surface area contributed by atoms with Gasteiger partial charge in [0.15, 0.2) is 6.61 Å². The molecule has 0 amide bonds. The lowest BCUT2D eigenvalue weighted by molar-refractivity contribution is 0.0474. The third kappa shape index (κ3) is 4.62. The zero-order valence-electron chi connectivity index (χ0n) is 13.9. The van der Waals surface area contributed by atoms with Gasteiger partial charge < -0.3 is 4.74 Å². The Morgan fingerprint density at radius 1 is 1.08 bits per heavy atom. The van der Waals surface area contributed by atoms with Crippen LogP contribution in [0.25, 0.3) is 0 Å². The maximum atomic E-state index is 12.1. The topological polar surface area (TPSA) is 80.8 Å². The molecule has 0 aliphatic carbocycles. The number of ketones is 1. The van der Waals surface area contributed by atoms with Crippen molar-refractivity contribution < 1.29 is 22.7 Å². The quantitative estimate of drug-likeness (QED) is 0.533. The van der Waals surface area contributed by atoms with E-state index in [1.54, 1.807) is 0 Å². The van der Waals surface area contributed by atoms with Gasteiger partial charge in [-0.3, -0.25) is 4.79 Å². The third-order valence-electron chi connectivity index (χ3n) is 3.41. The van der Waals surface area contributed by atoms with Crippen LogP contribution in [-0.4, -0.2) is 45.2 Å². The van der Waals surface area contributed by atoms with Gasteiger partial charge in [0.05, 0.1) is 15.5 Å². The highest BCUT2D eigenvalue weighted by molar-refractivity contribution is 7.89. The Morgan fingerprint density at radius 2 is 1.77 bits per heavy atom. The molecule has 0 saturated carbocycles. The number of rotatable bonds is 6. The number of benzene rings is 2. The highest BCUT2D eigenvalue weighted by Gasteiger charge is 2.20. The molecule has 2 aromatic rings. The Labute approximate surface area is 161 Å². The van der Waals surface area contributed by atoms with Crippen molar-refractivity contribution in [2.45, 2.75) is 4.90 Å². The Balaban J connectivity index is 2.14. The van der Waals surface area contributed by atoms with E-state index in [4.69, 9.17) is 27.9 Å². The molecule has 0 saturated heterocycles. The van der Waals surface area contributed by atoms with Gasteiger partial charge in [-0.2, -0.15) is 0 Å². The molecule has 2 aromatic carbocycles. The van der Waals surface area contributed by atoms with Crippen molar-refractivity contribution >= 4 is 45.0 Å². The van der Waals surface area contributed by atoms with Crippen molar-refractivity contribution in [1.82, 2.24) is 4.31 Å². The molecule has 0 bridgehead atoms. The summed E-state index contributed by atoms with van der Waals surface area (Å²) >= 11 is 11.8. The molecule has 0 fully saturated rings. The summed E-state index contributed by atoms with van der Waals surface area (Å²) in [5.74, 6) is -1.35. The van der Waals surface area contributed by atoms with Gasteiger partial charge >= 0.3 is 5.97 Å². The molecule has 0 radical (unpaired) electrons. The average molecular weight is 416 g/mol. The van der Waals surface area contributed by atoms with Crippen LogP contribution < -0.4 is 0 Å². The van der Waals surface area contributed by atoms with Gasteiger partial charge in [-0.15, -0.1) is 0 Å². The molecule has 0 spiro atoms. The predicted molar refractivity (Wildman–Crippen MR) is 98.4 cm³/mol. The van der Waals surface area contributed by atoms with E-state index < -0.39 is 28.4 Å². The summed E-state index contributed by atoms with van der Waals surface area (Å²) in [6.07, 6.45) is 0. The Kier molecular flexibility index (Phi) is 6.41. The summed E-state index contributed by atoms with van der Waals surface area (Å²) < 4.78 is 30.2. The highest BCUT2D eigenvalue weighted by Crippen LogP contribution is 2.21. The molecule has 0 N–H and O–H groups in total. The number of sulfonamides is 1. The van der Waals surface area contributed by atoms with E-state index in [1.807, 2.05) is 0 Å². The van der Waals surface area contributed by atoms with E-state index in [2.05, 4.69) is 0 Å². The second-order valence-electron chi connectivity index (χ2n) is 5.44. The summed E-state index contributed by atoms with van der Waals surface area (Å²) in [7, 11) is -0.926. The van der Waals surface area contributed by atoms with E-state index >= 15 is 0 Å². The third-order valence-corrected chi connectivity index (χ3v) is 5.79. The number of ether oxygens (including phenoxy) is 1. The number of Topliss-reactive ketones (excluding diaryl/α,β-unsaturated/α-hetero) is 1. The monoisotopic (exact) mass is 415 g/mol. The summed E-state index contributed by atoms with van der Waals surface area (Å²) in [4.78, 5) is 24.2. The summed E-state index contributed by atoms with van der Waals surface area (Å²) in [6.45, 7) is -0.552. The van der Waals surface area contributed by atoms with Crippen LogP contribution in [0.3, 0.4) is 0 Å². The van der Waals surface area contributed by atoms with Crippen molar-refractivity contribution in [3.05, 3.63) is 63.6 Å². The molecule has 26 heavy (non-hydrogen) atoms. The molecule has 0 aromatic heterocycles. The fourth-order valence-electron chi connectivity index (χ4n) is 2.00. The summed E-state index contributed by atoms with van der Waals surface area (Å²) in [6, 6.07) is 9.75. The van der Waals surface area contributed by atoms with E-state index in [1.165, 1.54) is 56.6 Å². The first kappa shape index (κ1) is 20.4. The molecular formula is C17H15Cl2NO5S. The first-order valence-corrected chi connectivity index (χ1v) is 9.50. The fourth-order valence-corrected chi connectivity index (χ4v) is 3.34. The highest BCUT2D eigenvalue weighted by atomic mass is 35.5. The van der Waals surface area contributed by atoms with Gasteiger partial charge in [-0.05, 0) is 36.4 Å². The van der Waals surface area contributed by atoms with E-state index in [-0.39, 0.29) is 21.0 Å². The SMILES string of the molecule is CN(C)S(=O)(=O)c1cccc(C(=O)OCC(=O)c2cc(Cl)ccc2Cl)c1. The maximum Gasteiger partial charge on any atom is 0.338 e. The number of carbonyl (C=O) groups excluding carboxylic acids is 2. The minimum absolute atomic E-state index is 0.0120. The van der Waals surface area contributed by atoms with Crippen LogP contribution >= 0.6 is 23.2 Å². The van der Waals surface area contributed by atoms with Crippen LogP contribution in [0, 0.1) is 0 Å². The van der Waals surface area contributed by atoms with Gasteiger partial charge in [0.25, 0.3) is 0 Å². The van der Waals surface area contributed by atoms with Crippen molar-refractivity contribution in [3.8, 4) is 0 Å². The molecule has 0 aliphatic heterocycles. The Hall–Kier alpha value is -1.93. The number of nitrogens with zero attached hydrogens (tertiary/aromatic N) is 1. The normalized spacial score (nSPS) is 11.4. The number of hydrogen-bond acceptors (Lipinski definition) is 5. The number of halogens is 2. The molecule has 0 aliphatic rings. The predicted octanol–water partition coefficient (Wildman–Crippen LogP) is 3.28. The zero-order valence-corrected chi connectivity index (χ0v) is 16.2. The lowest BCUT2D eigenvalue weighted by Gasteiger charge is -2.12. The van der Waals surface area contributed by atoms with Gasteiger partial charge in [0.2, 0.25) is 15.8 Å². The van der Waals surface area contributed by atoms with Crippen LogP contribution in [0.1, 0.15) is 20.7 Å². The molecule has 9 heteroatoms. The lowest BCUT2D eigenvalue weighted by Crippen LogP contribution is -2.22. The van der Waals surface area contributed by atoms with Crippen molar-refractivity contribution in [2.75, 3.05) is 20.7 Å². The van der Waals surface area contributed by atoms with Crippen molar-refractivity contribution in [1.29, 1.82) is 0 Å². The summed E-state index contributed by atoms with van der Waals surface area (Å²) in [5, 5.41) is 0.514. The Morgan fingerprint density at radius 3 is 2.42 bits per heavy atom. The van der Waals surface area contributed by atoms with E-state index in [0.717, 1.165) is 4.31 Å². The van der Waals surface area contributed by atoms with Crippen LogP contribution in [0.4, 0.5) is 0 Å². The van der Waals surface area contributed by atoms with Gasteiger partial charge in [-0.25, -0.2) is 17.5 Å². The fraction of sp³-hybridized carbons (Fsp3) is 0.176. The van der Waals surface area contributed by atoms with E-state index in [9.17, 15) is 18.0 Å². The first-order valence-electron chi connectivity index (χ1n) is 7.31. The van der Waals surface area contributed by atoms with Crippen LogP contribution in [-0.2, 0) is 14.8 Å². The molecule has 6 nitrogen and oxygen atoms in total. The minimum atomic E-state index is -3.69. The second-order valence-corrected chi connectivity index (χ2v) is 8.43. The molecule has 0 atom stereocenters. The second kappa shape index (κ2) is 8.18. The van der Waals surface area contributed by atoms with Gasteiger partial charge in [0.1, 0.15) is 0 Å². The van der Waals surface area contributed by atoms with Crippen LogP contribution in [0.2, 0.25) is 10.0 Å². The maximum absolute atomic E-state index is 12.1. The van der Waals surface area contributed by atoms with Gasteiger partial charge in [0, 0.05) is 24.7 Å². The number of hydrogen-bond donors (Lipinski definition) is 0. The van der Waals surface area contributed by atoms with Crippen LogP contribution in [0.5, 0.6) is 0 Å².